The van der Waals surface area contributed by atoms with Crippen LogP contribution in [0.15, 0.2) is 48.5 Å². The molecular formula is C14H11NO. The third kappa shape index (κ3) is 0.996. The van der Waals surface area contributed by atoms with Gasteiger partial charge in [-0.05, 0) is 12.1 Å². The van der Waals surface area contributed by atoms with E-state index in [0.717, 1.165) is 6.61 Å². The molecule has 2 nitrogen and oxygen atoms in total. The molecule has 2 heteroatoms. The van der Waals surface area contributed by atoms with E-state index in [2.05, 4.69) is 53.1 Å². The number of aromatic nitrogens is 1. The number of ether oxygens (including phenoxy) is 1. The maximum atomic E-state index is 5.43. The summed E-state index contributed by atoms with van der Waals surface area (Å²) in [5.41, 5.74) is 2.54. The van der Waals surface area contributed by atoms with E-state index < -0.39 is 0 Å². The molecule has 1 saturated heterocycles. The molecule has 16 heavy (non-hydrogen) atoms. The van der Waals surface area contributed by atoms with E-state index in [-0.39, 0.29) is 6.23 Å². The highest BCUT2D eigenvalue weighted by molar-refractivity contribution is 6.08. The fourth-order valence-electron chi connectivity index (χ4n) is 2.46. The first-order valence-corrected chi connectivity index (χ1v) is 5.54. The van der Waals surface area contributed by atoms with Crippen molar-refractivity contribution in [3.8, 4) is 0 Å². The molecule has 1 atom stereocenters. The highest BCUT2D eigenvalue weighted by Gasteiger charge is 2.27. The van der Waals surface area contributed by atoms with Gasteiger partial charge in [0.25, 0.3) is 0 Å². The van der Waals surface area contributed by atoms with Crippen LogP contribution in [0.25, 0.3) is 21.8 Å². The van der Waals surface area contributed by atoms with Crippen LogP contribution in [-0.2, 0) is 4.74 Å². The van der Waals surface area contributed by atoms with Crippen molar-refractivity contribution in [2.24, 2.45) is 0 Å². The van der Waals surface area contributed by atoms with E-state index in [4.69, 9.17) is 4.74 Å². The third-order valence-corrected chi connectivity index (χ3v) is 3.22. The van der Waals surface area contributed by atoms with Crippen LogP contribution in [0.5, 0.6) is 0 Å². The largest absolute Gasteiger partial charge is 0.351 e. The topological polar surface area (TPSA) is 17.5 Å². The lowest BCUT2D eigenvalue weighted by molar-refractivity contribution is 0.364. The number of benzene rings is 2. The highest BCUT2D eigenvalue weighted by atomic mass is 16.6. The van der Waals surface area contributed by atoms with Gasteiger partial charge in [-0.1, -0.05) is 36.4 Å². The van der Waals surface area contributed by atoms with Crippen LogP contribution in [-0.4, -0.2) is 11.2 Å². The monoisotopic (exact) mass is 209 g/mol. The molecule has 0 spiro atoms. The molecule has 1 aliphatic heterocycles. The van der Waals surface area contributed by atoms with Crippen molar-refractivity contribution < 1.29 is 4.74 Å². The fraction of sp³-hybridized carbons (Fsp3) is 0.143. The molecule has 4 rings (SSSR count). The van der Waals surface area contributed by atoms with Crippen LogP contribution in [0.3, 0.4) is 0 Å². The quantitative estimate of drug-likeness (QED) is 0.562. The maximum absolute atomic E-state index is 5.43. The number of epoxide rings is 1. The molecule has 0 N–H and O–H groups in total. The summed E-state index contributed by atoms with van der Waals surface area (Å²) in [6.07, 6.45) is 0.241. The van der Waals surface area contributed by atoms with Crippen molar-refractivity contribution in [1.82, 2.24) is 4.57 Å². The Morgan fingerprint density at radius 3 is 1.88 bits per heavy atom. The predicted octanol–water partition coefficient (Wildman–Crippen LogP) is 3.32. The van der Waals surface area contributed by atoms with Crippen molar-refractivity contribution in [2.45, 2.75) is 6.23 Å². The smallest absolute Gasteiger partial charge is 0.158 e. The Morgan fingerprint density at radius 1 is 0.875 bits per heavy atom. The molecule has 1 fully saturated rings. The van der Waals surface area contributed by atoms with E-state index in [9.17, 15) is 0 Å². The molecule has 3 aromatic rings. The van der Waals surface area contributed by atoms with Crippen molar-refractivity contribution in [3.63, 3.8) is 0 Å². The minimum Gasteiger partial charge on any atom is -0.351 e. The highest BCUT2D eigenvalue weighted by Crippen LogP contribution is 2.36. The molecule has 0 amide bonds. The number of nitrogens with zero attached hydrogens (tertiary/aromatic N) is 1. The summed E-state index contributed by atoms with van der Waals surface area (Å²) < 4.78 is 7.73. The summed E-state index contributed by atoms with van der Waals surface area (Å²) in [4.78, 5) is 0. The Bertz CT molecular complexity index is 626. The van der Waals surface area contributed by atoms with Crippen LogP contribution >= 0.6 is 0 Å². The Balaban J connectivity index is 2.27. The van der Waals surface area contributed by atoms with Gasteiger partial charge in [0.2, 0.25) is 0 Å². The minimum absolute atomic E-state index is 0.241. The number of hydrogen-bond donors (Lipinski definition) is 0. The van der Waals surface area contributed by atoms with Crippen LogP contribution in [0, 0.1) is 0 Å². The van der Waals surface area contributed by atoms with Crippen LogP contribution in [0.4, 0.5) is 0 Å². The lowest BCUT2D eigenvalue weighted by Crippen LogP contribution is -1.93. The molecule has 1 aliphatic rings. The Kier molecular flexibility index (Phi) is 1.50. The first-order valence-electron chi connectivity index (χ1n) is 5.54. The van der Waals surface area contributed by atoms with E-state index in [0.29, 0.717) is 0 Å². The third-order valence-electron chi connectivity index (χ3n) is 3.22. The van der Waals surface area contributed by atoms with Crippen molar-refractivity contribution in [2.75, 3.05) is 6.61 Å². The zero-order valence-electron chi connectivity index (χ0n) is 8.76. The van der Waals surface area contributed by atoms with Crippen LogP contribution in [0.1, 0.15) is 6.23 Å². The van der Waals surface area contributed by atoms with Gasteiger partial charge in [0.05, 0.1) is 17.6 Å². The van der Waals surface area contributed by atoms with Gasteiger partial charge in [0.1, 0.15) is 0 Å². The normalized spacial score (nSPS) is 19.4. The van der Waals surface area contributed by atoms with Gasteiger partial charge >= 0.3 is 0 Å². The van der Waals surface area contributed by atoms with E-state index >= 15 is 0 Å². The Morgan fingerprint density at radius 2 is 1.38 bits per heavy atom. The van der Waals surface area contributed by atoms with Crippen LogP contribution in [0.2, 0.25) is 0 Å². The first kappa shape index (κ1) is 8.36. The molecule has 0 saturated carbocycles. The van der Waals surface area contributed by atoms with Crippen molar-refractivity contribution in [3.05, 3.63) is 48.5 Å². The second-order valence-electron chi connectivity index (χ2n) is 4.19. The van der Waals surface area contributed by atoms with Crippen LogP contribution < -0.4 is 0 Å². The lowest BCUT2D eigenvalue weighted by atomic mass is 10.2. The summed E-state index contributed by atoms with van der Waals surface area (Å²) in [6, 6.07) is 17.0. The average Bonchev–Trinajstić information content (AvgIpc) is 3.11. The first-order chi connectivity index (χ1) is 7.95. The standard InChI is InChI=1S/C14H11NO/c1-3-7-12-10(5-1)11-6-2-4-8-13(11)15(12)14-9-16-14/h1-8,14H,9H2. The maximum Gasteiger partial charge on any atom is 0.158 e. The average molecular weight is 209 g/mol. The fourth-order valence-corrected chi connectivity index (χ4v) is 2.46. The zero-order valence-corrected chi connectivity index (χ0v) is 8.76. The van der Waals surface area contributed by atoms with Gasteiger partial charge in [0.15, 0.2) is 6.23 Å². The van der Waals surface area contributed by atoms with Gasteiger partial charge < -0.3 is 9.30 Å². The van der Waals surface area contributed by atoms with Gasteiger partial charge in [-0.3, -0.25) is 0 Å². The summed E-state index contributed by atoms with van der Waals surface area (Å²) in [5.74, 6) is 0. The van der Waals surface area contributed by atoms with Crippen molar-refractivity contribution in [1.29, 1.82) is 0 Å². The van der Waals surface area contributed by atoms with Gasteiger partial charge in [-0.15, -0.1) is 0 Å². The summed E-state index contributed by atoms with van der Waals surface area (Å²) in [5, 5.41) is 2.63. The van der Waals surface area contributed by atoms with E-state index in [1.165, 1.54) is 21.8 Å². The van der Waals surface area contributed by atoms with E-state index in [1.54, 1.807) is 0 Å². The molecule has 2 heterocycles. The molecule has 1 aromatic heterocycles. The van der Waals surface area contributed by atoms with Crippen molar-refractivity contribution >= 4 is 21.8 Å². The number of para-hydroxylation sites is 2. The Hall–Kier alpha value is -1.80. The molecule has 0 aliphatic carbocycles. The van der Waals surface area contributed by atoms with E-state index in [1.807, 2.05) is 0 Å². The molecule has 0 radical (unpaired) electrons. The predicted molar refractivity (Wildman–Crippen MR) is 64.4 cm³/mol. The molecule has 1 unspecified atom stereocenters. The number of rotatable bonds is 1. The zero-order chi connectivity index (χ0) is 10.5. The van der Waals surface area contributed by atoms with Gasteiger partial charge in [-0.2, -0.15) is 0 Å². The minimum atomic E-state index is 0.241. The summed E-state index contributed by atoms with van der Waals surface area (Å²) in [7, 11) is 0. The van der Waals surface area contributed by atoms with Gasteiger partial charge in [0, 0.05) is 10.8 Å². The second kappa shape index (κ2) is 2.86. The lowest BCUT2D eigenvalue weighted by Gasteiger charge is -2.01. The number of hydrogen-bond acceptors (Lipinski definition) is 1. The summed E-state index contributed by atoms with van der Waals surface area (Å²) in [6.45, 7) is 0.836. The molecule has 2 aromatic carbocycles. The molecule has 78 valence electrons. The summed E-state index contributed by atoms with van der Waals surface area (Å²) >= 11 is 0. The Labute approximate surface area is 93.1 Å². The SMILES string of the molecule is c1ccc2c(c1)c1ccccc1n2C1CO1. The second-order valence-corrected chi connectivity index (χ2v) is 4.19. The van der Waals surface area contributed by atoms with Gasteiger partial charge in [-0.25, -0.2) is 0 Å². The number of fused-ring (bicyclic) bond motifs is 3. The molecular weight excluding hydrogens is 198 g/mol. The molecule has 0 bridgehead atoms.